The summed E-state index contributed by atoms with van der Waals surface area (Å²) in [6.45, 7) is 1.88. The normalized spacial score (nSPS) is 12.2. The molecule has 3 heterocycles. The van der Waals surface area contributed by atoms with Gasteiger partial charge in [-0.2, -0.15) is 4.39 Å². The van der Waals surface area contributed by atoms with Gasteiger partial charge in [0.25, 0.3) is 0 Å². The Labute approximate surface area is 144 Å². The molecule has 130 valence electrons. The molecule has 0 aliphatic rings. The van der Waals surface area contributed by atoms with Crippen LogP contribution in [0.4, 0.5) is 10.2 Å². The van der Waals surface area contributed by atoms with Crippen LogP contribution in [0.25, 0.3) is 5.65 Å². The second kappa shape index (κ2) is 6.60. The zero-order valence-corrected chi connectivity index (χ0v) is 14.5. The van der Waals surface area contributed by atoms with Gasteiger partial charge in [-0.15, -0.1) is 14.3 Å². The maximum absolute atomic E-state index is 13.7. The average Bonchev–Trinajstić information content (AvgIpc) is 2.90. The van der Waals surface area contributed by atoms with E-state index in [4.69, 9.17) is 9.84 Å². The number of nitrogens with zero attached hydrogens (tertiary/aromatic N) is 4. The molecular weight excluding hydrogens is 348 g/mol. The fourth-order valence-electron chi connectivity index (χ4n) is 2.43. The number of fused-ring (bicyclic) bond motifs is 1. The predicted molar refractivity (Wildman–Crippen MR) is 92.1 cm³/mol. The maximum Gasteiger partial charge on any atom is 0.344 e. The second-order valence-electron chi connectivity index (χ2n) is 5.29. The molecule has 25 heavy (non-hydrogen) atoms. The number of carboxylic acids is 1. The molecule has 3 rings (SSSR count). The lowest BCUT2D eigenvalue weighted by atomic mass is 10.1. The van der Waals surface area contributed by atoms with Gasteiger partial charge in [0.2, 0.25) is 11.8 Å². The number of hydrogen-bond donors (Lipinski definition) is 2. The van der Waals surface area contributed by atoms with Crippen molar-refractivity contribution in [3.8, 4) is 5.88 Å². The Morgan fingerprint density at radius 1 is 1.52 bits per heavy atom. The SMILES string of the molecule is COc1ncc(P)cc1C(C)Nc1ccn2nc(F)c(C(=O)O)c2n1. The Morgan fingerprint density at radius 3 is 2.96 bits per heavy atom. The van der Waals surface area contributed by atoms with E-state index >= 15 is 0 Å². The van der Waals surface area contributed by atoms with Crippen molar-refractivity contribution in [3.63, 3.8) is 0 Å². The summed E-state index contributed by atoms with van der Waals surface area (Å²) in [5.74, 6) is -1.66. The largest absolute Gasteiger partial charge is 0.481 e. The van der Waals surface area contributed by atoms with Crippen LogP contribution in [0, 0.1) is 5.95 Å². The fourth-order valence-corrected chi connectivity index (χ4v) is 2.69. The first-order chi connectivity index (χ1) is 11.9. The van der Waals surface area contributed by atoms with E-state index in [1.165, 1.54) is 13.3 Å². The highest BCUT2D eigenvalue weighted by Crippen LogP contribution is 2.25. The Bertz CT molecular complexity index is 962. The number of rotatable bonds is 5. The van der Waals surface area contributed by atoms with E-state index in [0.29, 0.717) is 11.7 Å². The Balaban J connectivity index is 1.96. The van der Waals surface area contributed by atoms with Crippen LogP contribution in [0.15, 0.2) is 24.5 Å². The van der Waals surface area contributed by atoms with Crippen LogP contribution in [0.3, 0.4) is 0 Å². The van der Waals surface area contributed by atoms with Gasteiger partial charge in [0, 0.05) is 18.0 Å². The summed E-state index contributed by atoms with van der Waals surface area (Å²) >= 11 is 0. The lowest BCUT2D eigenvalue weighted by Gasteiger charge is -2.17. The first-order valence-electron chi connectivity index (χ1n) is 7.24. The summed E-state index contributed by atoms with van der Waals surface area (Å²) in [5, 5.41) is 16.6. The molecule has 0 bridgehead atoms. The van der Waals surface area contributed by atoms with Crippen LogP contribution >= 0.6 is 9.24 Å². The number of hydrogen-bond acceptors (Lipinski definition) is 6. The number of nitrogens with one attached hydrogen (secondary N) is 1. The van der Waals surface area contributed by atoms with E-state index in [1.807, 2.05) is 13.0 Å². The molecule has 0 radical (unpaired) electrons. The topological polar surface area (TPSA) is 102 Å². The molecule has 0 saturated heterocycles. The Morgan fingerprint density at radius 2 is 2.28 bits per heavy atom. The van der Waals surface area contributed by atoms with Gasteiger partial charge < -0.3 is 15.2 Å². The fraction of sp³-hybridized carbons (Fsp3) is 0.200. The minimum Gasteiger partial charge on any atom is -0.481 e. The number of aromatic nitrogens is 4. The van der Waals surface area contributed by atoms with Crippen molar-refractivity contribution in [2.45, 2.75) is 13.0 Å². The van der Waals surface area contributed by atoms with E-state index in [0.717, 1.165) is 15.4 Å². The summed E-state index contributed by atoms with van der Waals surface area (Å²) < 4.78 is 20.0. The molecule has 0 spiro atoms. The number of halogens is 1. The summed E-state index contributed by atoms with van der Waals surface area (Å²) in [6.07, 6.45) is 3.10. The van der Waals surface area contributed by atoms with Gasteiger partial charge in [-0.3, -0.25) is 0 Å². The molecule has 0 saturated carbocycles. The van der Waals surface area contributed by atoms with E-state index in [1.54, 1.807) is 12.3 Å². The number of ether oxygens (including phenoxy) is 1. The van der Waals surface area contributed by atoms with Crippen LogP contribution in [-0.4, -0.2) is 37.8 Å². The Hall–Kier alpha value is -2.80. The molecule has 0 aliphatic carbocycles. The standard InChI is InChI=1S/C15H15FN5O3P/c1-7(9-5-8(25)6-17-14(9)24-2)18-10-3-4-21-13(19-10)11(15(22)23)12(16)20-21/h3-7H,25H2,1-2H3,(H,18,19)(H,22,23). The highest BCUT2D eigenvalue weighted by atomic mass is 31.0. The number of anilines is 1. The smallest absolute Gasteiger partial charge is 0.344 e. The zero-order chi connectivity index (χ0) is 18.1. The third-order valence-electron chi connectivity index (χ3n) is 3.58. The third kappa shape index (κ3) is 3.23. The third-order valence-corrected chi connectivity index (χ3v) is 3.90. The van der Waals surface area contributed by atoms with Crippen molar-refractivity contribution in [2.75, 3.05) is 12.4 Å². The molecule has 0 amide bonds. The number of aromatic carboxylic acids is 1. The molecule has 0 fully saturated rings. The lowest BCUT2D eigenvalue weighted by molar-refractivity contribution is 0.0693. The van der Waals surface area contributed by atoms with Crippen molar-refractivity contribution in [2.24, 2.45) is 0 Å². The highest BCUT2D eigenvalue weighted by molar-refractivity contribution is 7.27. The lowest BCUT2D eigenvalue weighted by Crippen LogP contribution is -2.13. The molecule has 2 unspecified atom stereocenters. The van der Waals surface area contributed by atoms with Crippen LogP contribution in [0.1, 0.15) is 28.9 Å². The van der Waals surface area contributed by atoms with Crippen molar-refractivity contribution >= 4 is 32.0 Å². The van der Waals surface area contributed by atoms with Crippen LogP contribution in [0.2, 0.25) is 0 Å². The first-order valence-corrected chi connectivity index (χ1v) is 7.82. The average molecular weight is 363 g/mol. The number of pyridine rings is 1. The zero-order valence-electron chi connectivity index (χ0n) is 13.4. The van der Waals surface area contributed by atoms with Gasteiger partial charge in [0.15, 0.2) is 11.2 Å². The van der Waals surface area contributed by atoms with Crippen LogP contribution in [-0.2, 0) is 0 Å². The molecule has 3 aromatic rings. The molecule has 3 aromatic heterocycles. The van der Waals surface area contributed by atoms with Gasteiger partial charge in [-0.25, -0.2) is 19.3 Å². The first kappa shape index (κ1) is 17.0. The minimum absolute atomic E-state index is 0.0768. The summed E-state index contributed by atoms with van der Waals surface area (Å²) in [6, 6.07) is 3.24. The molecule has 0 aromatic carbocycles. The number of carbonyl (C=O) groups is 1. The molecule has 8 nitrogen and oxygen atoms in total. The van der Waals surface area contributed by atoms with Crippen molar-refractivity contribution < 1.29 is 19.0 Å². The predicted octanol–water partition coefficient (Wildman–Crippen LogP) is 1.64. The van der Waals surface area contributed by atoms with E-state index < -0.39 is 17.5 Å². The molecule has 0 aliphatic heterocycles. The minimum atomic E-state index is -1.42. The van der Waals surface area contributed by atoms with Gasteiger partial charge >= 0.3 is 5.97 Å². The molecule has 10 heteroatoms. The van der Waals surface area contributed by atoms with Crippen molar-refractivity contribution in [3.05, 3.63) is 41.6 Å². The van der Waals surface area contributed by atoms with Gasteiger partial charge in [0.05, 0.1) is 13.2 Å². The molecule has 2 atom stereocenters. The second-order valence-corrected chi connectivity index (χ2v) is 5.95. The van der Waals surface area contributed by atoms with Crippen molar-refractivity contribution in [1.29, 1.82) is 0 Å². The quantitative estimate of drug-likeness (QED) is 0.665. The summed E-state index contributed by atoms with van der Waals surface area (Å²) in [7, 11) is 4.09. The van der Waals surface area contributed by atoms with E-state index in [2.05, 4.69) is 29.6 Å². The van der Waals surface area contributed by atoms with Gasteiger partial charge in [-0.05, 0) is 24.4 Å². The van der Waals surface area contributed by atoms with Crippen LogP contribution in [0.5, 0.6) is 5.88 Å². The van der Waals surface area contributed by atoms with E-state index in [9.17, 15) is 9.18 Å². The summed E-state index contributed by atoms with van der Waals surface area (Å²) in [5.41, 5.74) is 0.157. The number of methoxy groups -OCH3 is 1. The maximum atomic E-state index is 13.7. The highest BCUT2D eigenvalue weighted by Gasteiger charge is 2.21. The molecule has 2 N–H and O–H groups in total. The van der Waals surface area contributed by atoms with Gasteiger partial charge in [0.1, 0.15) is 5.82 Å². The van der Waals surface area contributed by atoms with Gasteiger partial charge in [-0.1, -0.05) is 0 Å². The van der Waals surface area contributed by atoms with E-state index in [-0.39, 0.29) is 11.7 Å². The monoisotopic (exact) mass is 363 g/mol. The summed E-state index contributed by atoms with van der Waals surface area (Å²) in [4.78, 5) is 19.6. The molecular formula is C15H15FN5O3P. The van der Waals surface area contributed by atoms with Crippen LogP contribution < -0.4 is 15.4 Å². The number of carboxylic acid groups (broad SMARTS) is 1. The van der Waals surface area contributed by atoms with Crippen molar-refractivity contribution in [1.82, 2.24) is 19.6 Å². The Kier molecular flexibility index (Phi) is 4.50.